The molecule has 2 saturated heterocycles. The molecule has 0 radical (unpaired) electrons. The Kier molecular flexibility index (Phi) is 46.3. The van der Waals surface area contributed by atoms with Crippen molar-refractivity contribution in [3.63, 3.8) is 0 Å². The topological polar surface area (TPSA) is 315 Å². The average molecular weight is 1720 g/mol. The molecule has 6 aromatic carbocycles. The van der Waals surface area contributed by atoms with Crippen molar-refractivity contribution in [3.8, 4) is 0 Å². The van der Waals surface area contributed by atoms with Gasteiger partial charge in [-0.3, -0.25) is 9.59 Å². The molecule has 4 aliphatic rings. The Hall–Kier alpha value is -7.07. The minimum Gasteiger partial charge on any atom is -0.459 e. The Labute approximate surface area is 737 Å². The van der Waals surface area contributed by atoms with Crippen molar-refractivity contribution in [1.82, 2.24) is 0 Å². The standard InChI is InChI=1S/C71H89N3O10.C30H56O10/c1-4-5-6-7-8-9-10-11-12-13-20-33-53(2)70(75)83-63-54(3)64(68(80-50-59-42-29-18-30-43-59)69(81-51-60-44-31-19-32-45-60)67(63)79-49-58-40-27-17-28-41-58)84-71-62(73-74-72)66(78-48-57-38-25-16-26-39-57)65(77-47-56-36-23-15-24-37-56)61(82-71)52-76-46-55-34-21-14-22-35-55;1-4-5-6-7-8-9-10-11-12-13-14-15-16-17-22(32)39-28-20(3)29(27(37)25(35)26(28)36)40-30-19(2)23(33)24(34)21(18-31)38-30/h14-19,21-32,34-45,53-54,61-69,71H,4-13,20,33,46-52H2,1-3H3;19-21,23-31,33-37H,4-18H2,1-3H3/t53?,54?,61?,62?,63-,64+,65+,66-,67?,68+,69?,71+;19?,20?,21?,23-,24-,25?,26?,27+,28+,29-,30-/m01/s1. The fourth-order valence-corrected chi connectivity index (χ4v) is 17.2. The van der Waals surface area contributed by atoms with Crippen LogP contribution >= 0.6 is 0 Å². The summed E-state index contributed by atoms with van der Waals surface area (Å²) in [5, 5.41) is 66.0. The van der Waals surface area contributed by atoms with Crippen LogP contribution < -0.4 is 0 Å². The van der Waals surface area contributed by atoms with Gasteiger partial charge in [0.2, 0.25) is 0 Å². The van der Waals surface area contributed by atoms with Gasteiger partial charge in [0, 0.05) is 29.1 Å². The molecule has 23 atom stereocenters. The van der Waals surface area contributed by atoms with E-state index in [1.165, 1.54) is 109 Å². The van der Waals surface area contributed by atoms with Gasteiger partial charge in [-0.25, -0.2) is 0 Å². The third kappa shape index (κ3) is 32.9. The molecular weight excluding hydrogens is 1580 g/mol. The highest BCUT2D eigenvalue weighted by atomic mass is 16.7. The molecule has 0 amide bonds. The molecule has 4 fully saturated rings. The molecule has 2 aliphatic carbocycles. The van der Waals surface area contributed by atoms with Crippen LogP contribution in [0.25, 0.3) is 10.4 Å². The van der Waals surface area contributed by atoms with Gasteiger partial charge in [0.1, 0.15) is 85.4 Å². The number of aliphatic hydroxyl groups is 6. The van der Waals surface area contributed by atoms with E-state index in [4.69, 9.17) is 56.8 Å². The second-order valence-electron chi connectivity index (χ2n) is 34.6. The number of hydrogen-bond acceptors (Lipinski definition) is 21. The van der Waals surface area contributed by atoms with Gasteiger partial charge in [-0.2, -0.15) is 0 Å². The maximum Gasteiger partial charge on any atom is 0.309 e. The molecule has 23 heteroatoms. The molecular formula is C101H145N3O20. The monoisotopic (exact) mass is 1720 g/mol. The number of hydrogen-bond donors (Lipinski definition) is 6. The highest BCUT2D eigenvalue weighted by molar-refractivity contribution is 5.72. The molecule has 6 aromatic rings. The van der Waals surface area contributed by atoms with E-state index >= 15 is 0 Å². The molecule has 10 rings (SSSR count). The van der Waals surface area contributed by atoms with Crippen LogP contribution in [0.2, 0.25) is 0 Å². The first-order valence-corrected chi connectivity index (χ1v) is 46.5. The molecule has 0 aromatic heterocycles. The Balaban J connectivity index is 0.000000365. The third-order valence-electron chi connectivity index (χ3n) is 24.8. The summed E-state index contributed by atoms with van der Waals surface area (Å²) in [6.07, 6.45) is 10.1. The van der Waals surface area contributed by atoms with Crippen LogP contribution in [-0.4, -0.2) is 172 Å². The summed E-state index contributed by atoms with van der Waals surface area (Å²) in [6, 6.07) is 58.4. The number of nitrogens with zero attached hydrogens (tertiary/aromatic N) is 3. The number of esters is 2. The van der Waals surface area contributed by atoms with Crippen LogP contribution in [0, 0.1) is 23.7 Å². The first-order chi connectivity index (χ1) is 60.5. The van der Waals surface area contributed by atoms with Gasteiger partial charge in [-0.1, -0.05) is 376 Å². The van der Waals surface area contributed by atoms with Crippen LogP contribution in [0.4, 0.5) is 0 Å². The van der Waals surface area contributed by atoms with E-state index in [1.807, 2.05) is 196 Å². The number of azide groups is 1. The first kappa shape index (κ1) is 101. The number of aliphatic hydroxyl groups excluding tert-OH is 6. The quantitative estimate of drug-likeness (QED) is 0.00679. The predicted octanol–water partition coefficient (Wildman–Crippen LogP) is 18.4. The molecule has 124 heavy (non-hydrogen) atoms. The lowest BCUT2D eigenvalue weighted by molar-refractivity contribution is -0.329. The second kappa shape index (κ2) is 57.0. The van der Waals surface area contributed by atoms with E-state index in [-0.39, 0.29) is 57.9 Å². The minimum absolute atomic E-state index is 0.0754. The number of carbonyl (C=O) groups is 2. The van der Waals surface area contributed by atoms with E-state index in [0.29, 0.717) is 19.4 Å². The summed E-state index contributed by atoms with van der Waals surface area (Å²) in [5.74, 6) is -3.22. The first-order valence-electron chi connectivity index (χ1n) is 46.5. The maximum atomic E-state index is 14.8. The molecule has 2 aliphatic heterocycles. The Morgan fingerprint density at radius 1 is 0.379 bits per heavy atom. The van der Waals surface area contributed by atoms with Crippen LogP contribution in [0.15, 0.2) is 187 Å². The molecule has 11 unspecified atom stereocenters. The second-order valence-corrected chi connectivity index (χ2v) is 34.6. The van der Waals surface area contributed by atoms with Crippen molar-refractivity contribution in [2.45, 2.75) is 364 Å². The van der Waals surface area contributed by atoms with Crippen LogP contribution in [0.3, 0.4) is 0 Å². The highest BCUT2D eigenvalue weighted by Crippen LogP contribution is 2.42. The molecule has 0 bridgehead atoms. The van der Waals surface area contributed by atoms with E-state index in [0.717, 1.165) is 71.9 Å². The smallest absolute Gasteiger partial charge is 0.309 e. The average Bonchev–Trinajstić information content (AvgIpc) is 0.756. The minimum atomic E-state index is -1.63. The molecule has 0 spiro atoms. The van der Waals surface area contributed by atoms with Crippen molar-refractivity contribution in [2.24, 2.45) is 28.8 Å². The zero-order chi connectivity index (χ0) is 88.1. The van der Waals surface area contributed by atoms with Crippen molar-refractivity contribution in [1.29, 1.82) is 0 Å². The van der Waals surface area contributed by atoms with Gasteiger partial charge in [0.05, 0.1) is 77.1 Å². The number of rotatable bonds is 54. The van der Waals surface area contributed by atoms with E-state index in [9.17, 15) is 45.8 Å². The normalized spacial score (nSPS) is 27.7. The van der Waals surface area contributed by atoms with Crippen molar-refractivity contribution >= 4 is 11.9 Å². The third-order valence-corrected chi connectivity index (χ3v) is 24.8. The van der Waals surface area contributed by atoms with Crippen LogP contribution in [-0.2, 0) is 106 Å². The number of ether oxygens (including phenoxy) is 12. The summed E-state index contributed by atoms with van der Waals surface area (Å²) >= 11 is 0. The molecule has 23 nitrogen and oxygen atoms in total. The van der Waals surface area contributed by atoms with Gasteiger partial charge in [-0.05, 0) is 51.8 Å². The van der Waals surface area contributed by atoms with Crippen molar-refractivity contribution in [3.05, 3.63) is 226 Å². The largest absolute Gasteiger partial charge is 0.459 e. The van der Waals surface area contributed by atoms with E-state index < -0.39 is 147 Å². The van der Waals surface area contributed by atoms with Gasteiger partial charge < -0.3 is 87.5 Å². The van der Waals surface area contributed by atoms with Gasteiger partial charge in [0.25, 0.3) is 0 Å². The lowest BCUT2D eigenvalue weighted by Gasteiger charge is -2.51. The number of carbonyl (C=O) groups excluding carboxylic acids is 2. The maximum absolute atomic E-state index is 14.8. The Morgan fingerprint density at radius 3 is 1.16 bits per heavy atom. The van der Waals surface area contributed by atoms with Gasteiger partial charge >= 0.3 is 11.9 Å². The zero-order valence-electron chi connectivity index (χ0n) is 74.4. The summed E-state index contributed by atoms with van der Waals surface area (Å²) in [5.41, 5.74) is 16.2. The van der Waals surface area contributed by atoms with Crippen LogP contribution in [0.5, 0.6) is 0 Å². The Morgan fingerprint density at radius 2 is 0.734 bits per heavy atom. The van der Waals surface area contributed by atoms with Crippen LogP contribution in [0.1, 0.15) is 242 Å². The highest BCUT2D eigenvalue weighted by Gasteiger charge is 2.58. The van der Waals surface area contributed by atoms with E-state index in [1.54, 1.807) is 13.8 Å². The molecule has 2 heterocycles. The molecule has 6 N–H and O–H groups in total. The van der Waals surface area contributed by atoms with E-state index in [2.05, 4.69) is 23.9 Å². The SMILES string of the molecule is CCCCCCCCCCCCCC(C)C(=O)O[C@@H]1C(OCc2ccccc2)C(OCc2ccccc2)[C@H](OCc2ccccc2)[C@H](O[C@H]2OC(COCc3ccccc3)[C@@H](OCc3ccccc3)[C@@H](OCc3ccccc3)C2N=[N+]=[N-])C1C.CCCCCCCCCCCCCCCC(=O)O[C@@H]1C(O)C(O)[C@H](O)[C@H](O[C@H]2OC(CO)[C@@H](O)[C@H](O)C2C)C1C. The van der Waals surface area contributed by atoms with Crippen molar-refractivity contribution < 1.29 is 97.1 Å². The zero-order valence-corrected chi connectivity index (χ0v) is 74.4. The summed E-state index contributed by atoms with van der Waals surface area (Å²) in [6.45, 7) is 12.5. The number of unbranched alkanes of at least 4 members (excludes halogenated alkanes) is 22. The molecule has 2 saturated carbocycles. The number of benzene rings is 6. The fraction of sp³-hybridized carbons (Fsp3) is 0.624. The summed E-state index contributed by atoms with van der Waals surface area (Å²) < 4.78 is 80.2. The van der Waals surface area contributed by atoms with Crippen molar-refractivity contribution in [2.75, 3.05) is 13.2 Å². The van der Waals surface area contributed by atoms with Gasteiger partial charge in [-0.15, -0.1) is 0 Å². The summed E-state index contributed by atoms with van der Waals surface area (Å²) in [4.78, 5) is 30.8. The molecule has 684 valence electrons. The summed E-state index contributed by atoms with van der Waals surface area (Å²) in [7, 11) is 0. The Bertz CT molecular complexity index is 3840. The lowest BCUT2D eigenvalue weighted by Crippen LogP contribution is -2.67. The predicted molar refractivity (Wildman–Crippen MR) is 476 cm³/mol. The lowest BCUT2D eigenvalue weighted by atomic mass is 9.78. The van der Waals surface area contributed by atoms with Gasteiger partial charge in [0.15, 0.2) is 12.6 Å². The fourth-order valence-electron chi connectivity index (χ4n) is 17.2.